The van der Waals surface area contributed by atoms with Crippen LogP contribution in [0.5, 0.6) is 0 Å². The Balaban J connectivity index is 2.47. The lowest BCUT2D eigenvalue weighted by Gasteiger charge is -2.19. The Labute approximate surface area is 188 Å². The van der Waals surface area contributed by atoms with E-state index in [0.29, 0.717) is 22.6 Å². The van der Waals surface area contributed by atoms with E-state index in [1.165, 1.54) is 0 Å². The van der Waals surface area contributed by atoms with E-state index in [0.717, 1.165) is 0 Å². The number of carbonyl (C=O) groups excluding carboxylic acids is 2. The van der Waals surface area contributed by atoms with Gasteiger partial charge in [0.25, 0.3) is 0 Å². The van der Waals surface area contributed by atoms with E-state index >= 15 is 0 Å². The minimum atomic E-state index is -0.710. The molecule has 0 radical (unpaired) electrons. The summed E-state index contributed by atoms with van der Waals surface area (Å²) >= 11 is 0. The molecule has 2 N–H and O–H groups in total. The van der Waals surface area contributed by atoms with Crippen molar-refractivity contribution in [2.45, 2.75) is 52.7 Å². The van der Waals surface area contributed by atoms with Crippen LogP contribution >= 0.6 is 0 Å². The summed E-state index contributed by atoms with van der Waals surface area (Å²) < 4.78 is 10.6. The fourth-order valence-corrected chi connectivity index (χ4v) is 2.51. The lowest BCUT2D eigenvalue weighted by atomic mass is 10.00. The standard InChI is InChI=1S/C24H30N4O4/c1-23(2,3)31-21(29)27-25-19(17-13-9-7-10-14-17)20(18-15-11-8-12-16-18)26-28-22(30)32-24(4,5)6/h7-16H,1-6H3,(H,27,29)(H,28,30). The molecule has 0 aliphatic carbocycles. The van der Waals surface area contributed by atoms with Crippen molar-refractivity contribution in [3.63, 3.8) is 0 Å². The minimum absolute atomic E-state index is 0.332. The molecule has 0 aromatic heterocycles. The largest absolute Gasteiger partial charge is 0.443 e. The summed E-state index contributed by atoms with van der Waals surface area (Å²) in [5, 5.41) is 8.55. The average molecular weight is 439 g/mol. The van der Waals surface area contributed by atoms with Crippen LogP contribution in [-0.4, -0.2) is 34.8 Å². The fraction of sp³-hybridized carbons (Fsp3) is 0.333. The second kappa shape index (κ2) is 10.6. The van der Waals surface area contributed by atoms with E-state index in [4.69, 9.17) is 9.47 Å². The number of hydrogen-bond donors (Lipinski definition) is 2. The first-order valence-electron chi connectivity index (χ1n) is 10.2. The Hall–Kier alpha value is -3.68. The van der Waals surface area contributed by atoms with Crippen LogP contribution < -0.4 is 10.9 Å². The SMILES string of the molecule is CC(C)(C)OC(=O)NN=C(C(=NNC(=O)OC(C)(C)C)c1ccccc1)c1ccccc1. The third-order valence-electron chi connectivity index (χ3n) is 3.63. The smallest absolute Gasteiger partial charge is 0.428 e. The second-order valence-corrected chi connectivity index (χ2v) is 8.88. The normalized spacial score (nSPS) is 12.7. The number of nitrogens with zero attached hydrogens (tertiary/aromatic N) is 2. The molecule has 0 aliphatic rings. The van der Waals surface area contributed by atoms with E-state index in [-0.39, 0.29) is 0 Å². The second-order valence-electron chi connectivity index (χ2n) is 8.88. The first-order valence-corrected chi connectivity index (χ1v) is 10.2. The molecule has 0 spiro atoms. The lowest BCUT2D eigenvalue weighted by molar-refractivity contribution is 0.0517. The van der Waals surface area contributed by atoms with Gasteiger partial charge in [-0.2, -0.15) is 10.2 Å². The molecule has 0 saturated carbocycles. The molecule has 2 aromatic rings. The number of nitrogens with one attached hydrogen (secondary N) is 2. The number of hydrazone groups is 2. The Kier molecular flexibility index (Phi) is 8.12. The molecular weight excluding hydrogens is 408 g/mol. The quantitative estimate of drug-likeness (QED) is 0.515. The predicted octanol–water partition coefficient (Wildman–Crippen LogP) is 4.84. The van der Waals surface area contributed by atoms with Gasteiger partial charge in [-0.25, -0.2) is 20.4 Å². The van der Waals surface area contributed by atoms with Crippen molar-refractivity contribution in [3.8, 4) is 0 Å². The van der Waals surface area contributed by atoms with Crippen molar-refractivity contribution in [1.29, 1.82) is 0 Å². The molecule has 0 bridgehead atoms. The van der Waals surface area contributed by atoms with Crippen LogP contribution in [0.15, 0.2) is 70.9 Å². The highest BCUT2D eigenvalue weighted by molar-refractivity contribution is 6.53. The van der Waals surface area contributed by atoms with E-state index in [1.54, 1.807) is 41.5 Å². The highest BCUT2D eigenvalue weighted by Gasteiger charge is 2.20. The molecule has 2 aromatic carbocycles. The molecule has 2 rings (SSSR count). The van der Waals surface area contributed by atoms with Crippen LogP contribution in [0, 0.1) is 0 Å². The average Bonchev–Trinajstić information content (AvgIpc) is 2.69. The van der Waals surface area contributed by atoms with E-state index in [9.17, 15) is 9.59 Å². The number of benzene rings is 2. The number of amides is 2. The van der Waals surface area contributed by atoms with Crippen molar-refractivity contribution < 1.29 is 19.1 Å². The van der Waals surface area contributed by atoms with Gasteiger partial charge in [0, 0.05) is 11.1 Å². The molecule has 0 aliphatic heterocycles. The molecule has 8 nitrogen and oxygen atoms in total. The highest BCUT2D eigenvalue weighted by atomic mass is 16.6. The summed E-state index contributed by atoms with van der Waals surface area (Å²) in [4.78, 5) is 24.4. The van der Waals surface area contributed by atoms with Crippen LogP contribution in [0.2, 0.25) is 0 Å². The van der Waals surface area contributed by atoms with Gasteiger partial charge in [-0.1, -0.05) is 60.7 Å². The molecule has 0 saturated heterocycles. The molecule has 0 fully saturated rings. The summed E-state index contributed by atoms with van der Waals surface area (Å²) in [6.45, 7) is 10.6. The number of rotatable bonds is 5. The van der Waals surface area contributed by atoms with Gasteiger partial charge in [0.05, 0.1) is 0 Å². The van der Waals surface area contributed by atoms with E-state index in [1.807, 2.05) is 60.7 Å². The topological polar surface area (TPSA) is 101 Å². The van der Waals surface area contributed by atoms with Crippen molar-refractivity contribution in [3.05, 3.63) is 71.8 Å². The van der Waals surface area contributed by atoms with Gasteiger partial charge in [0.2, 0.25) is 0 Å². The Morgan fingerprint density at radius 3 is 1.22 bits per heavy atom. The van der Waals surface area contributed by atoms with Gasteiger partial charge in [0.15, 0.2) is 0 Å². The summed E-state index contributed by atoms with van der Waals surface area (Å²) in [5.41, 5.74) is 5.49. The third kappa shape index (κ3) is 8.59. The van der Waals surface area contributed by atoms with Crippen LogP contribution in [0.1, 0.15) is 52.7 Å². The summed E-state index contributed by atoms with van der Waals surface area (Å²) in [7, 11) is 0. The lowest BCUT2D eigenvalue weighted by Crippen LogP contribution is -2.33. The van der Waals surface area contributed by atoms with Crippen molar-refractivity contribution in [2.75, 3.05) is 0 Å². The molecule has 2 amide bonds. The van der Waals surface area contributed by atoms with Crippen LogP contribution in [0.4, 0.5) is 9.59 Å². The first kappa shape index (κ1) is 24.6. The number of ether oxygens (including phenoxy) is 2. The molecule has 0 unspecified atom stereocenters. The molecule has 32 heavy (non-hydrogen) atoms. The maximum absolute atomic E-state index is 12.2. The Bertz CT molecular complexity index is 891. The Morgan fingerprint density at radius 1 is 0.625 bits per heavy atom. The van der Waals surface area contributed by atoms with Gasteiger partial charge in [0.1, 0.15) is 22.6 Å². The van der Waals surface area contributed by atoms with Crippen LogP contribution in [0.3, 0.4) is 0 Å². The van der Waals surface area contributed by atoms with Crippen molar-refractivity contribution in [1.82, 2.24) is 10.9 Å². The zero-order valence-corrected chi connectivity index (χ0v) is 19.3. The summed E-state index contributed by atoms with van der Waals surface area (Å²) in [5.74, 6) is 0. The van der Waals surface area contributed by atoms with Gasteiger partial charge in [-0.05, 0) is 41.5 Å². The predicted molar refractivity (Wildman–Crippen MR) is 125 cm³/mol. The van der Waals surface area contributed by atoms with Crippen LogP contribution in [-0.2, 0) is 9.47 Å². The fourth-order valence-electron chi connectivity index (χ4n) is 2.51. The third-order valence-corrected chi connectivity index (χ3v) is 3.63. The summed E-state index contributed by atoms with van der Waals surface area (Å²) in [6, 6.07) is 18.3. The highest BCUT2D eigenvalue weighted by Crippen LogP contribution is 2.12. The zero-order chi connectivity index (χ0) is 23.8. The van der Waals surface area contributed by atoms with E-state index in [2.05, 4.69) is 21.1 Å². The molecule has 8 heteroatoms. The number of carbonyl (C=O) groups is 2. The molecule has 170 valence electrons. The molecule has 0 heterocycles. The van der Waals surface area contributed by atoms with Gasteiger partial charge in [-0.3, -0.25) is 0 Å². The maximum Gasteiger partial charge on any atom is 0.428 e. The Morgan fingerprint density at radius 2 is 0.938 bits per heavy atom. The molecular formula is C24H30N4O4. The van der Waals surface area contributed by atoms with Gasteiger partial charge < -0.3 is 9.47 Å². The number of hydrogen-bond acceptors (Lipinski definition) is 6. The van der Waals surface area contributed by atoms with Gasteiger partial charge in [-0.15, -0.1) is 0 Å². The van der Waals surface area contributed by atoms with E-state index < -0.39 is 23.4 Å². The van der Waals surface area contributed by atoms with Crippen molar-refractivity contribution in [2.24, 2.45) is 10.2 Å². The maximum atomic E-state index is 12.2. The van der Waals surface area contributed by atoms with Gasteiger partial charge >= 0.3 is 12.2 Å². The van der Waals surface area contributed by atoms with Crippen LogP contribution in [0.25, 0.3) is 0 Å². The molecule has 0 atom stereocenters. The van der Waals surface area contributed by atoms with Crippen molar-refractivity contribution >= 4 is 23.6 Å². The monoisotopic (exact) mass is 438 g/mol. The minimum Gasteiger partial charge on any atom is -0.443 e. The summed E-state index contributed by atoms with van der Waals surface area (Å²) in [6.07, 6.45) is -1.42. The zero-order valence-electron chi connectivity index (χ0n) is 19.3. The first-order chi connectivity index (χ1) is 14.9.